The summed E-state index contributed by atoms with van der Waals surface area (Å²) in [5, 5.41) is 0. The Labute approximate surface area is 510 Å². The number of hydrogen-bond acceptors (Lipinski definition) is 6. The third-order valence-electron chi connectivity index (χ3n) is 13.4. The Kier molecular flexibility index (Phi) is 64.4. The van der Waals surface area contributed by atoms with Crippen LogP contribution < -0.4 is 0 Å². The minimum Gasteiger partial charge on any atom is -0.462 e. The van der Waals surface area contributed by atoms with Gasteiger partial charge in [-0.3, -0.25) is 14.4 Å². The summed E-state index contributed by atoms with van der Waals surface area (Å²) < 4.78 is 16.8. The van der Waals surface area contributed by atoms with E-state index in [0.717, 1.165) is 148 Å². The molecule has 0 aromatic heterocycles. The van der Waals surface area contributed by atoms with E-state index in [1.54, 1.807) is 0 Å². The molecule has 1 unspecified atom stereocenters. The van der Waals surface area contributed by atoms with Gasteiger partial charge in [0.05, 0.1) is 0 Å². The number of esters is 3. The van der Waals surface area contributed by atoms with Crippen molar-refractivity contribution in [1.29, 1.82) is 0 Å². The summed E-state index contributed by atoms with van der Waals surface area (Å²) in [5.41, 5.74) is 0. The maximum absolute atomic E-state index is 12.9. The number of hydrogen-bond donors (Lipinski definition) is 0. The highest BCUT2D eigenvalue weighted by atomic mass is 16.6. The van der Waals surface area contributed by atoms with E-state index in [1.165, 1.54) is 70.6 Å². The van der Waals surface area contributed by atoms with E-state index < -0.39 is 12.1 Å². The summed E-state index contributed by atoms with van der Waals surface area (Å²) in [6, 6.07) is 0. The highest BCUT2D eigenvalue weighted by Crippen LogP contribution is 2.14. The third-order valence-corrected chi connectivity index (χ3v) is 13.4. The van der Waals surface area contributed by atoms with Gasteiger partial charge in [0.1, 0.15) is 13.2 Å². The first-order valence-electron chi connectivity index (χ1n) is 33.3. The highest BCUT2D eigenvalue weighted by Gasteiger charge is 2.19. The second kappa shape index (κ2) is 69.0. The molecule has 464 valence electrons. The molecular formula is C77H120O6. The Morgan fingerprint density at radius 1 is 0.253 bits per heavy atom. The third kappa shape index (κ3) is 67.2. The molecule has 0 aliphatic heterocycles. The van der Waals surface area contributed by atoms with Crippen LogP contribution in [0.2, 0.25) is 0 Å². The van der Waals surface area contributed by atoms with E-state index in [1.807, 2.05) is 12.2 Å². The van der Waals surface area contributed by atoms with E-state index in [9.17, 15) is 14.4 Å². The highest BCUT2D eigenvalue weighted by molar-refractivity contribution is 5.71. The molecule has 0 aliphatic rings. The molecule has 0 saturated heterocycles. The van der Waals surface area contributed by atoms with E-state index >= 15 is 0 Å². The number of allylic oxidation sites excluding steroid dienone is 30. The van der Waals surface area contributed by atoms with E-state index in [0.29, 0.717) is 19.3 Å². The maximum atomic E-state index is 12.9. The van der Waals surface area contributed by atoms with Gasteiger partial charge in [0, 0.05) is 19.3 Å². The van der Waals surface area contributed by atoms with Crippen LogP contribution in [-0.2, 0) is 28.6 Å². The minimum absolute atomic E-state index is 0.120. The van der Waals surface area contributed by atoms with Crippen LogP contribution in [0.3, 0.4) is 0 Å². The van der Waals surface area contributed by atoms with Gasteiger partial charge in [-0.1, -0.05) is 287 Å². The normalized spacial score (nSPS) is 13.3. The van der Waals surface area contributed by atoms with Gasteiger partial charge in [-0.05, 0) is 141 Å². The Morgan fingerprint density at radius 2 is 0.494 bits per heavy atom. The molecule has 0 spiro atoms. The average Bonchev–Trinajstić information content (AvgIpc) is 3.48. The number of carbonyl (C=O) groups is 3. The molecule has 1 atom stereocenters. The lowest BCUT2D eigenvalue weighted by atomic mass is 10.1. The van der Waals surface area contributed by atoms with E-state index in [-0.39, 0.29) is 31.6 Å². The van der Waals surface area contributed by atoms with Gasteiger partial charge in [-0.25, -0.2) is 0 Å². The summed E-state index contributed by atoms with van der Waals surface area (Å²) in [6.07, 6.45) is 104. The average molecular weight is 1140 g/mol. The zero-order chi connectivity index (χ0) is 59.9. The van der Waals surface area contributed by atoms with Crippen LogP contribution in [-0.4, -0.2) is 37.2 Å². The number of carbonyl (C=O) groups excluding carboxylic acids is 3. The lowest BCUT2D eigenvalue weighted by Crippen LogP contribution is -2.30. The number of rotatable bonds is 58. The SMILES string of the molecule is CC/C=C\C/C=C\C/C=C\C/C=C\C/C=C\C/C=C\C/C=C\C/C=C\CCCCCCCCCCCCC(=O)OCC(COC(=O)CCCCCCC/C=C\CCCC)OC(=O)CC/C=C\C/C=C\C/C=C\C/C=C\C/C=C\C/C=C\CC. The van der Waals surface area contributed by atoms with Gasteiger partial charge >= 0.3 is 17.9 Å². The molecule has 0 N–H and O–H groups in total. The molecule has 0 aromatic carbocycles. The Hall–Kier alpha value is -5.49. The van der Waals surface area contributed by atoms with Crippen molar-refractivity contribution in [1.82, 2.24) is 0 Å². The zero-order valence-electron chi connectivity index (χ0n) is 53.1. The first-order valence-corrected chi connectivity index (χ1v) is 33.3. The number of ether oxygens (including phenoxy) is 3. The monoisotopic (exact) mass is 1140 g/mol. The van der Waals surface area contributed by atoms with Gasteiger partial charge < -0.3 is 14.2 Å². The molecule has 6 nitrogen and oxygen atoms in total. The van der Waals surface area contributed by atoms with Crippen molar-refractivity contribution in [2.45, 2.75) is 271 Å². The van der Waals surface area contributed by atoms with Gasteiger partial charge in [0.15, 0.2) is 6.10 Å². The molecule has 0 rings (SSSR count). The lowest BCUT2D eigenvalue weighted by molar-refractivity contribution is -0.166. The molecule has 0 aliphatic carbocycles. The van der Waals surface area contributed by atoms with Crippen molar-refractivity contribution in [3.63, 3.8) is 0 Å². The zero-order valence-corrected chi connectivity index (χ0v) is 53.1. The summed E-state index contributed by atoms with van der Waals surface area (Å²) in [7, 11) is 0. The first-order chi connectivity index (χ1) is 41.0. The van der Waals surface area contributed by atoms with E-state index in [4.69, 9.17) is 14.2 Å². The fraction of sp³-hybridized carbons (Fsp3) is 0.571. The van der Waals surface area contributed by atoms with Crippen LogP contribution in [0.15, 0.2) is 182 Å². The van der Waals surface area contributed by atoms with Crippen molar-refractivity contribution in [3.05, 3.63) is 182 Å². The molecule has 6 heteroatoms. The quantitative estimate of drug-likeness (QED) is 0.0261. The Morgan fingerprint density at radius 3 is 0.795 bits per heavy atom. The fourth-order valence-electron chi connectivity index (χ4n) is 8.46. The summed E-state index contributed by atoms with van der Waals surface area (Å²) in [6.45, 7) is 6.29. The predicted octanol–water partition coefficient (Wildman–Crippen LogP) is 23.2. The molecule has 0 saturated carbocycles. The molecule has 0 amide bonds. The van der Waals surface area contributed by atoms with Crippen molar-refractivity contribution in [2.24, 2.45) is 0 Å². The standard InChI is InChI=1S/C77H120O6/c1-4-7-10-13-16-19-22-24-26-28-30-31-32-33-34-35-36-37-38-39-40-41-42-43-44-45-47-48-50-52-55-58-61-64-67-70-76(79)82-73-74(72-81-75(78)69-66-63-60-57-54-21-18-15-12-9-6-3)83-77(80)71-68-65-62-59-56-53-51-49-46-29-27-25-23-20-17-14-11-8-5-2/h7-8,10-11,15-20,24-27,30-31,33-34,36-37,39-40,42-43,46,49,53,56,62,65,74H,4-6,9,12-14,21-23,28-29,32,35,38,41,44-45,47-48,50-52,54-55,57-61,63-64,66-73H2,1-3H3/b10-7-,11-8-,18-15-,19-16-,20-17-,26-24-,27-25-,31-30-,34-33-,37-36-,40-39-,43-42-,49-46-,56-53-,65-62-. The maximum Gasteiger partial charge on any atom is 0.306 e. The topological polar surface area (TPSA) is 78.9 Å². The molecular weight excluding hydrogens is 1020 g/mol. The molecule has 0 bridgehead atoms. The van der Waals surface area contributed by atoms with Crippen LogP contribution in [0.1, 0.15) is 265 Å². The lowest BCUT2D eigenvalue weighted by Gasteiger charge is -2.18. The summed E-state index contributed by atoms with van der Waals surface area (Å²) in [5.74, 6) is -1.03. The minimum atomic E-state index is -0.833. The van der Waals surface area contributed by atoms with Crippen molar-refractivity contribution in [3.8, 4) is 0 Å². The summed E-state index contributed by atoms with van der Waals surface area (Å²) >= 11 is 0. The molecule has 0 aromatic rings. The van der Waals surface area contributed by atoms with Crippen molar-refractivity contribution in [2.75, 3.05) is 13.2 Å². The van der Waals surface area contributed by atoms with Crippen molar-refractivity contribution < 1.29 is 28.6 Å². The molecule has 83 heavy (non-hydrogen) atoms. The Bertz CT molecular complexity index is 1940. The molecule has 0 radical (unpaired) electrons. The van der Waals surface area contributed by atoms with Crippen molar-refractivity contribution >= 4 is 17.9 Å². The van der Waals surface area contributed by atoms with Gasteiger partial charge in [-0.15, -0.1) is 0 Å². The van der Waals surface area contributed by atoms with Crippen LogP contribution in [0.5, 0.6) is 0 Å². The van der Waals surface area contributed by atoms with Crippen LogP contribution in [0.4, 0.5) is 0 Å². The first kappa shape index (κ1) is 77.5. The largest absolute Gasteiger partial charge is 0.462 e. The van der Waals surface area contributed by atoms with Gasteiger partial charge in [0.2, 0.25) is 0 Å². The molecule has 0 fully saturated rings. The Balaban J connectivity index is 4.32. The van der Waals surface area contributed by atoms with Gasteiger partial charge in [-0.2, -0.15) is 0 Å². The van der Waals surface area contributed by atoms with Gasteiger partial charge in [0.25, 0.3) is 0 Å². The smallest absolute Gasteiger partial charge is 0.306 e. The van der Waals surface area contributed by atoms with Crippen LogP contribution >= 0.6 is 0 Å². The fourth-order valence-corrected chi connectivity index (χ4v) is 8.46. The van der Waals surface area contributed by atoms with Crippen LogP contribution in [0, 0.1) is 0 Å². The van der Waals surface area contributed by atoms with Crippen LogP contribution in [0.25, 0.3) is 0 Å². The summed E-state index contributed by atoms with van der Waals surface area (Å²) in [4.78, 5) is 38.2. The molecule has 0 heterocycles. The number of unbranched alkanes of at least 4 members (excludes halogenated alkanes) is 17. The predicted molar refractivity (Wildman–Crippen MR) is 361 cm³/mol. The van der Waals surface area contributed by atoms with E-state index in [2.05, 4.69) is 191 Å². The second-order valence-electron chi connectivity index (χ2n) is 21.3. The second-order valence-corrected chi connectivity index (χ2v) is 21.3.